The second-order valence-electron chi connectivity index (χ2n) is 4.77. The predicted molar refractivity (Wildman–Crippen MR) is 67.6 cm³/mol. The van der Waals surface area contributed by atoms with E-state index in [2.05, 4.69) is 0 Å². The number of hydrogen-bond acceptors (Lipinski definition) is 3. The zero-order chi connectivity index (χ0) is 13.2. The number of aliphatic hydroxyl groups excluding tert-OH is 1. The number of thioether (sulfide) groups is 1. The highest BCUT2D eigenvalue weighted by atomic mass is 32.2. The van der Waals surface area contributed by atoms with Crippen LogP contribution in [-0.4, -0.2) is 30.7 Å². The highest BCUT2D eigenvalue weighted by molar-refractivity contribution is 7.99. The molecule has 1 aromatic rings. The molecule has 2 rings (SSSR count). The third-order valence-corrected chi connectivity index (χ3v) is 4.72. The number of rotatable bonds is 5. The van der Waals surface area contributed by atoms with E-state index in [9.17, 15) is 13.9 Å². The molecule has 0 saturated carbocycles. The van der Waals surface area contributed by atoms with Crippen molar-refractivity contribution in [3.8, 4) is 0 Å². The Balaban J connectivity index is 1.97. The average Bonchev–Trinajstić information content (AvgIpc) is 2.27. The minimum Gasteiger partial charge on any atom is -0.396 e. The average molecular weight is 274 g/mol. The van der Waals surface area contributed by atoms with Crippen LogP contribution in [0.1, 0.15) is 17.7 Å². The molecule has 1 heterocycles. The van der Waals surface area contributed by atoms with Crippen LogP contribution in [-0.2, 0) is 4.74 Å². The third kappa shape index (κ3) is 2.84. The molecule has 0 amide bonds. The van der Waals surface area contributed by atoms with Gasteiger partial charge in [0.2, 0.25) is 0 Å². The monoisotopic (exact) mass is 274 g/mol. The molecule has 1 atom stereocenters. The smallest absolute Gasteiger partial charge is 0.130 e. The summed E-state index contributed by atoms with van der Waals surface area (Å²) in [6, 6.07) is 3.65. The van der Waals surface area contributed by atoms with Gasteiger partial charge in [-0.05, 0) is 13.0 Å². The highest BCUT2D eigenvalue weighted by Gasteiger charge is 2.38. The Bertz CT molecular complexity index is 416. The van der Waals surface area contributed by atoms with Crippen LogP contribution in [0.4, 0.5) is 8.78 Å². The van der Waals surface area contributed by atoms with Gasteiger partial charge in [0, 0.05) is 28.0 Å². The van der Waals surface area contributed by atoms with E-state index >= 15 is 0 Å². The summed E-state index contributed by atoms with van der Waals surface area (Å²) < 4.78 is 31.5. The maximum absolute atomic E-state index is 13.6. The molecule has 1 fully saturated rings. The minimum absolute atomic E-state index is 0.0744. The summed E-state index contributed by atoms with van der Waals surface area (Å²) in [6.45, 7) is 3.06. The first-order chi connectivity index (χ1) is 8.56. The van der Waals surface area contributed by atoms with Gasteiger partial charge in [0.05, 0.1) is 19.8 Å². The number of benzene rings is 1. The van der Waals surface area contributed by atoms with Crippen molar-refractivity contribution in [2.24, 2.45) is 5.41 Å². The first-order valence-electron chi connectivity index (χ1n) is 5.81. The van der Waals surface area contributed by atoms with Gasteiger partial charge in [-0.15, -0.1) is 0 Å². The first-order valence-corrected chi connectivity index (χ1v) is 6.86. The molecule has 0 aromatic heterocycles. The minimum atomic E-state index is -0.562. The van der Waals surface area contributed by atoms with Gasteiger partial charge in [-0.3, -0.25) is 0 Å². The first kappa shape index (κ1) is 13.8. The van der Waals surface area contributed by atoms with Crippen LogP contribution in [0.2, 0.25) is 0 Å². The lowest BCUT2D eigenvalue weighted by Gasteiger charge is -2.40. The lowest BCUT2D eigenvalue weighted by atomic mass is 9.90. The molecule has 0 radical (unpaired) electrons. The van der Waals surface area contributed by atoms with Crippen LogP contribution in [0.3, 0.4) is 0 Å². The Hall–Kier alpha value is -0.650. The summed E-state index contributed by atoms with van der Waals surface area (Å²) >= 11 is 1.55. The Morgan fingerprint density at radius 1 is 1.44 bits per heavy atom. The Kier molecular flexibility index (Phi) is 4.25. The largest absolute Gasteiger partial charge is 0.396 e. The Labute approximate surface area is 109 Å². The molecule has 5 heteroatoms. The number of halogens is 2. The fourth-order valence-electron chi connectivity index (χ4n) is 1.83. The maximum atomic E-state index is 13.6. The highest BCUT2D eigenvalue weighted by Crippen LogP contribution is 2.38. The Morgan fingerprint density at radius 3 is 2.67 bits per heavy atom. The molecule has 2 nitrogen and oxygen atoms in total. The van der Waals surface area contributed by atoms with E-state index in [-0.39, 0.29) is 17.3 Å². The van der Waals surface area contributed by atoms with E-state index in [1.807, 2.05) is 6.92 Å². The number of hydrogen-bond donors (Lipinski definition) is 1. The van der Waals surface area contributed by atoms with Crippen molar-refractivity contribution in [3.63, 3.8) is 0 Å². The van der Waals surface area contributed by atoms with E-state index in [1.165, 1.54) is 12.1 Å². The molecule has 0 bridgehead atoms. The second-order valence-corrected chi connectivity index (χ2v) is 6.10. The maximum Gasteiger partial charge on any atom is 0.130 e. The quantitative estimate of drug-likeness (QED) is 0.895. The predicted octanol–water partition coefficient (Wildman–Crippen LogP) is 2.77. The molecule has 1 aromatic carbocycles. The van der Waals surface area contributed by atoms with Crippen molar-refractivity contribution in [1.29, 1.82) is 0 Å². The SMILES string of the molecule is CC(SCC1(CO)COC1)c1ccc(F)cc1F. The van der Waals surface area contributed by atoms with Crippen LogP contribution in [0.15, 0.2) is 18.2 Å². The van der Waals surface area contributed by atoms with Gasteiger partial charge in [0.15, 0.2) is 0 Å². The molecule has 1 N–H and O–H groups in total. The van der Waals surface area contributed by atoms with Crippen LogP contribution < -0.4 is 0 Å². The van der Waals surface area contributed by atoms with E-state index in [1.54, 1.807) is 11.8 Å². The summed E-state index contributed by atoms with van der Waals surface area (Å²) in [4.78, 5) is 0. The van der Waals surface area contributed by atoms with Crippen LogP contribution in [0, 0.1) is 17.0 Å². The van der Waals surface area contributed by atoms with Crippen molar-refractivity contribution in [2.75, 3.05) is 25.6 Å². The van der Waals surface area contributed by atoms with Gasteiger partial charge in [0.25, 0.3) is 0 Å². The third-order valence-electron chi connectivity index (χ3n) is 3.19. The fourth-order valence-corrected chi connectivity index (χ4v) is 3.07. The standard InChI is InChI=1S/C13H16F2O2S/c1-9(11-3-2-10(14)4-12(11)15)18-8-13(5-16)6-17-7-13/h2-4,9,16H,5-8H2,1H3. The van der Waals surface area contributed by atoms with Gasteiger partial charge in [-0.25, -0.2) is 8.78 Å². The van der Waals surface area contributed by atoms with Crippen LogP contribution >= 0.6 is 11.8 Å². The van der Waals surface area contributed by atoms with Gasteiger partial charge >= 0.3 is 0 Å². The van der Waals surface area contributed by atoms with E-state index in [4.69, 9.17) is 4.74 Å². The molecule has 1 unspecified atom stereocenters. The summed E-state index contributed by atoms with van der Waals surface area (Å²) in [7, 11) is 0. The normalized spacial score (nSPS) is 19.3. The molecular formula is C13H16F2O2S. The molecule has 1 aliphatic rings. The zero-order valence-electron chi connectivity index (χ0n) is 10.2. The van der Waals surface area contributed by atoms with Crippen molar-refractivity contribution >= 4 is 11.8 Å². The second kappa shape index (κ2) is 5.55. The van der Waals surface area contributed by atoms with E-state index < -0.39 is 11.6 Å². The number of ether oxygens (including phenoxy) is 1. The van der Waals surface area contributed by atoms with Crippen LogP contribution in [0.25, 0.3) is 0 Å². The molecule has 0 aliphatic carbocycles. The summed E-state index contributed by atoms with van der Waals surface area (Å²) in [5.41, 5.74) is 0.310. The van der Waals surface area contributed by atoms with E-state index in [0.717, 1.165) is 6.07 Å². The van der Waals surface area contributed by atoms with Gasteiger partial charge in [-0.1, -0.05) is 6.07 Å². The molecule has 1 saturated heterocycles. The van der Waals surface area contributed by atoms with Gasteiger partial charge < -0.3 is 9.84 Å². The summed E-state index contributed by atoms with van der Waals surface area (Å²) in [6.07, 6.45) is 0. The van der Waals surface area contributed by atoms with Gasteiger partial charge in [0.1, 0.15) is 11.6 Å². The Morgan fingerprint density at radius 2 is 2.17 bits per heavy atom. The lowest BCUT2D eigenvalue weighted by molar-refractivity contribution is -0.121. The van der Waals surface area contributed by atoms with Crippen molar-refractivity contribution in [2.45, 2.75) is 12.2 Å². The lowest BCUT2D eigenvalue weighted by Crippen LogP contribution is -2.47. The van der Waals surface area contributed by atoms with Crippen molar-refractivity contribution < 1.29 is 18.6 Å². The topological polar surface area (TPSA) is 29.5 Å². The molecule has 0 spiro atoms. The van der Waals surface area contributed by atoms with Crippen LogP contribution in [0.5, 0.6) is 0 Å². The number of aliphatic hydroxyl groups is 1. The fraction of sp³-hybridized carbons (Fsp3) is 0.538. The molecular weight excluding hydrogens is 258 g/mol. The molecule has 1 aliphatic heterocycles. The summed E-state index contributed by atoms with van der Waals surface area (Å²) in [5, 5.41) is 9.22. The molecule has 18 heavy (non-hydrogen) atoms. The summed E-state index contributed by atoms with van der Waals surface area (Å²) in [5.74, 6) is -0.368. The van der Waals surface area contributed by atoms with Gasteiger partial charge in [-0.2, -0.15) is 11.8 Å². The van der Waals surface area contributed by atoms with E-state index in [0.29, 0.717) is 24.5 Å². The zero-order valence-corrected chi connectivity index (χ0v) is 11.0. The molecule has 100 valence electrons. The van der Waals surface area contributed by atoms with Crippen molar-refractivity contribution in [1.82, 2.24) is 0 Å². The van der Waals surface area contributed by atoms with Crippen molar-refractivity contribution in [3.05, 3.63) is 35.4 Å².